The number of hydrogen-bond acceptors (Lipinski definition) is 4. The van der Waals surface area contributed by atoms with Gasteiger partial charge in [0, 0.05) is 30.1 Å². The molecule has 7 heteroatoms. The number of amides is 1. The number of nitriles is 1. The van der Waals surface area contributed by atoms with Gasteiger partial charge in [-0.2, -0.15) is 5.26 Å². The largest absolute Gasteiger partial charge is 0.321 e. The zero-order valence-corrected chi connectivity index (χ0v) is 14.4. The Morgan fingerprint density at radius 1 is 1.07 bits per heavy atom. The molecule has 1 aromatic heterocycles. The molecular weight excluding hydrogens is 362 g/mol. The average molecular weight is 374 g/mol. The van der Waals surface area contributed by atoms with Crippen LogP contribution >= 0.6 is 0 Å². The van der Waals surface area contributed by atoms with E-state index in [2.05, 4.69) is 10.3 Å². The van der Waals surface area contributed by atoms with Crippen molar-refractivity contribution in [3.8, 4) is 17.2 Å². The SMILES string of the molecule is N#Cc1cc(N2C=CC(=O)Nc3cc(-c4ccc(F)cc4F)ccc32)ccn1. The summed E-state index contributed by atoms with van der Waals surface area (Å²) < 4.78 is 27.4. The van der Waals surface area contributed by atoms with Crippen molar-refractivity contribution in [1.82, 2.24) is 4.98 Å². The molecule has 3 aromatic rings. The third-order valence-electron chi connectivity index (χ3n) is 4.27. The summed E-state index contributed by atoms with van der Waals surface area (Å²) in [5.41, 5.74) is 2.67. The number of fused-ring (bicyclic) bond motifs is 1. The molecule has 0 unspecified atom stereocenters. The average Bonchev–Trinajstić information content (AvgIpc) is 2.85. The number of rotatable bonds is 2. The van der Waals surface area contributed by atoms with Crippen LogP contribution in [0, 0.1) is 23.0 Å². The molecule has 5 nitrogen and oxygen atoms in total. The lowest BCUT2D eigenvalue weighted by atomic mass is 10.0. The first-order chi connectivity index (χ1) is 13.5. The maximum absolute atomic E-state index is 14.2. The van der Waals surface area contributed by atoms with Gasteiger partial charge in [0.15, 0.2) is 0 Å². The van der Waals surface area contributed by atoms with Crippen LogP contribution in [0.25, 0.3) is 11.1 Å². The van der Waals surface area contributed by atoms with Crippen LogP contribution in [0.3, 0.4) is 0 Å². The highest BCUT2D eigenvalue weighted by molar-refractivity contribution is 6.05. The number of benzene rings is 2. The van der Waals surface area contributed by atoms with E-state index >= 15 is 0 Å². The Kier molecular flexibility index (Phi) is 4.30. The van der Waals surface area contributed by atoms with Gasteiger partial charge in [-0.1, -0.05) is 6.07 Å². The Hall–Kier alpha value is -4.05. The molecule has 0 fully saturated rings. The number of nitrogens with one attached hydrogen (secondary N) is 1. The third-order valence-corrected chi connectivity index (χ3v) is 4.27. The molecule has 28 heavy (non-hydrogen) atoms. The summed E-state index contributed by atoms with van der Waals surface area (Å²) in [6, 6.07) is 13.6. The van der Waals surface area contributed by atoms with E-state index in [1.54, 1.807) is 41.4 Å². The number of carbonyl (C=O) groups is 1. The molecule has 1 N–H and O–H groups in total. The number of hydrogen-bond donors (Lipinski definition) is 1. The Morgan fingerprint density at radius 2 is 1.93 bits per heavy atom. The smallest absolute Gasteiger partial charge is 0.249 e. The van der Waals surface area contributed by atoms with Gasteiger partial charge in [0.25, 0.3) is 0 Å². The molecule has 0 saturated heterocycles. The summed E-state index contributed by atoms with van der Waals surface area (Å²) in [5, 5.41) is 11.8. The number of halogens is 2. The number of carbonyl (C=O) groups excluding carboxylic acids is 1. The van der Waals surface area contributed by atoms with Gasteiger partial charge in [-0.3, -0.25) is 4.79 Å². The van der Waals surface area contributed by atoms with Gasteiger partial charge in [-0.25, -0.2) is 13.8 Å². The molecule has 0 radical (unpaired) electrons. The minimum absolute atomic E-state index is 0.220. The van der Waals surface area contributed by atoms with Crippen molar-refractivity contribution in [2.45, 2.75) is 0 Å². The van der Waals surface area contributed by atoms with Crippen LogP contribution < -0.4 is 10.2 Å². The Labute approximate surface area is 159 Å². The van der Waals surface area contributed by atoms with Crippen molar-refractivity contribution in [1.29, 1.82) is 5.26 Å². The fourth-order valence-corrected chi connectivity index (χ4v) is 2.99. The number of anilines is 3. The van der Waals surface area contributed by atoms with E-state index in [0.29, 0.717) is 22.6 Å². The molecule has 0 bridgehead atoms. The summed E-state index contributed by atoms with van der Waals surface area (Å²) in [4.78, 5) is 17.8. The minimum Gasteiger partial charge on any atom is -0.321 e. The highest BCUT2D eigenvalue weighted by Crippen LogP contribution is 2.37. The van der Waals surface area contributed by atoms with Crippen molar-refractivity contribution in [2.75, 3.05) is 10.2 Å². The zero-order chi connectivity index (χ0) is 19.7. The van der Waals surface area contributed by atoms with E-state index in [0.717, 1.165) is 6.07 Å². The maximum atomic E-state index is 14.2. The second-order valence-electron chi connectivity index (χ2n) is 6.04. The van der Waals surface area contributed by atoms with Crippen molar-refractivity contribution in [3.05, 3.63) is 84.3 Å². The monoisotopic (exact) mass is 374 g/mol. The van der Waals surface area contributed by atoms with Gasteiger partial charge >= 0.3 is 0 Å². The summed E-state index contributed by atoms with van der Waals surface area (Å²) in [6.07, 6.45) is 4.43. The molecular formula is C21H12F2N4O. The third kappa shape index (κ3) is 3.19. The summed E-state index contributed by atoms with van der Waals surface area (Å²) in [7, 11) is 0. The van der Waals surface area contributed by atoms with Gasteiger partial charge < -0.3 is 10.2 Å². The highest BCUT2D eigenvalue weighted by atomic mass is 19.1. The molecule has 2 heterocycles. The summed E-state index contributed by atoms with van der Waals surface area (Å²) >= 11 is 0. The van der Waals surface area contributed by atoms with Gasteiger partial charge in [0.2, 0.25) is 5.91 Å². The normalized spacial score (nSPS) is 12.8. The van der Waals surface area contributed by atoms with E-state index in [1.165, 1.54) is 24.4 Å². The van der Waals surface area contributed by atoms with Gasteiger partial charge in [0.05, 0.1) is 17.1 Å². The van der Waals surface area contributed by atoms with E-state index in [4.69, 9.17) is 5.26 Å². The standard InChI is InChI=1S/C21H12F2N4O/c22-14-2-3-17(18(23)10-14)13-1-4-20-19(9-13)26-21(28)6-8-27(20)16-5-7-25-15(11-16)12-24/h1-11H,(H,26,28). The Bertz CT molecular complexity index is 1170. The van der Waals surface area contributed by atoms with Gasteiger partial charge in [-0.05, 0) is 42.0 Å². The Morgan fingerprint density at radius 3 is 2.71 bits per heavy atom. The fraction of sp³-hybridized carbons (Fsp3) is 0. The highest BCUT2D eigenvalue weighted by Gasteiger charge is 2.19. The van der Waals surface area contributed by atoms with E-state index in [9.17, 15) is 13.6 Å². The predicted molar refractivity (Wildman–Crippen MR) is 101 cm³/mol. The fourth-order valence-electron chi connectivity index (χ4n) is 2.99. The van der Waals surface area contributed by atoms with Gasteiger partial charge in [0.1, 0.15) is 23.4 Å². The molecule has 1 aliphatic rings. The number of nitrogens with zero attached hydrogens (tertiary/aromatic N) is 3. The lowest BCUT2D eigenvalue weighted by Gasteiger charge is -2.22. The second kappa shape index (κ2) is 6.93. The lowest BCUT2D eigenvalue weighted by molar-refractivity contribution is -0.111. The molecule has 0 spiro atoms. The van der Waals surface area contributed by atoms with Crippen LogP contribution in [0.2, 0.25) is 0 Å². The van der Waals surface area contributed by atoms with Crippen molar-refractivity contribution in [2.24, 2.45) is 0 Å². The molecule has 0 atom stereocenters. The number of aromatic nitrogens is 1. The Balaban J connectivity index is 1.83. The topological polar surface area (TPSA) is 69.0 Å². The molecule has 1 aliphatic heterocycles. The first-order valence-electron chi connectivity index (χ1n) is 8.29. The van der Waals surface area contributed by atoms with Crippen LogP contribution in [-0.4, -0.2) is 10.9 Å². The number of pyridine rings is 1. The first-order valence-corrected chi connectivity index (χ1v) is 8.29. The molecule has 4 rings (SSSR count). The van der Waals surface area contributed by atoms with Crippen molar-refractivity contribution >= 4 is 23.0 Å². The van der Waals surface area contributed by atoms with Crippen LogP contribution in [0.4, 0.5) is 25.8 Å². The van der Waals surface area contributed by atoms with Crippen LogP contribution in [-0.2, 0) is 4.79 Å². The van der Waals surface area contributed by atoms with E-state index < -0.39 is 11.6 Å². The predicted octanol–water partition coefficient (Wildman–Crippen LogP) is 4.50. The van der Waals surface area contributed by atoms with Crippen molar-refractivity contribution < 1.29 is 13.6 Å². The first kappa shape index (κ1) is 17.4. The van der Waals surface area contributed by atoms with Gasteiger partial charge in [-0.15, -0.1) is 0 Å². The minimum atomic E-state index is -0.692. The summed E-state index contributed by atoms with van der Waals surface area (Å²) in [5.74, 6) is -1.71. The molecule has 0 saturated carbocycles. The molecule has 1 amide bonds. The van der Waals surface area contributed by atoms with Crippen LogP contribution in [0.1, 0.15) is 5.69 Å². The molecule has 2 aromatic carbocycles. The molecule has 136 valence electrons. The summed E-state index contributed by atoms with van der Waals surface area (Å²) in [6.45, 7) is 0. The van der Waals surface area contributed by atoms with Crippen molar-refractivity contribution in [3.63, 3.8) is 0 Å². The maximum Gasteiger partial charge on any atom is 0.249 e. The van der Waals surface area contributed by atoms with Crippen LogP contribution in [0.15, 0.2) is 67.0 Å². The molecule has 0 aliphatic carbocycles. The van der Waals surface area contributed by atoms with E-state index in [-0.39, 0.29) is 17.2 Å². The zero-order valence-electron chi connectivity index (χ0n) is 14.4. The second-order valence-corrected chi connectivity index (χ2v) is 6.04. The van der Waals surface area contributed by atoms with E-state index in [1.807, 2.05) is 6.07 Å². The quantitative estimate of drug-likeness (QED) is 0.717. The van der Waals surface area contributed by atoms with Crippen LogP contribution in [0.5, 0.6) is 0 Å². The lowest BCUT2D eigenvalue weighted by Crippen LogP contribution is -2.10.